The molecule has 0 fully saturated rings. The van der Waals surface area contributed by atoms with Gasteiger partial charge in [-0.3, -0.25) is 10.2 Å². The van der Waals surface area contributed by atoms with Crippen molar-refractivity contribution in [3.8, 4) is 5.69 Å². The quantitative estimate of drug-likeness (QED) is 0.611. The van der Waals surface area contributed by atoms with Gasteiger partial charge in [-0.1, -0.05) is 18.2 Å². The number of nitrogens with one attached hydrogen (secondary N) is 1. The fourth-order valence-corrected chi connectivity index (χ4v) is 1.78. The van der Waals surface area contributed by atoms with Crippen molar-refractivity contribution in [3.05, 3.63) is 57.5 Å². The lowest BCUT2D eigenvalue weighted by molar-refractivity contribution is 0.787. The molecule has 2 aromatic rings. The largest absolute Gasteiger partial charge is 0.382 e. The van der Waals surface area contributed by atoms with Crippen molar-refractivity contribution in [2.24, 2.45) is 5.73 Å². The Kier molecular flexibility index (Phi) is 2.97. The molecule has 2 rings (SSSR count). The van der Waals surface area contributed by atoms with Crippen molar-refractivity contribution in [1.29, 1.82) is 5.41 Å². The van der Waals surface area contributed by atoms with Crippen LogP contribution >= 0.6 is 0 Å². The van der Waals surface area contributed by atoms with Gasteiger partial charge in [0.05, 0.1) is 5.69 Å². The van der Waals surface area contributed by atoms with Gasteiger partial charge in [-0.05, 0) is 25.5 Å². The Balaban J connectivity index is 2.73. The van der Waals surface area contributed by atoms with Gasteiger partial charge in [0.25, 0.3) is 0 Å². The Morgan fingerprint density at radius 3 is 2.61 bits per heavy atom. The molecular weight excluding hydrogens is 228 g/mol. The number of nitrogens with two attached hydrogens (primary N) is 1. The van der Waals surface area contributed by atoms with Crippen molar-refractivity contribution in [2.75, 3.05) is 0 Å². The first-order valence-corrected chi connectivity index (χ1v) is 5.52. The molecule has 0 spiro atoms. The van der Waals surface area contributed by atoms with Crippen LogP contribution in [0.2, 0.25) is 0 Å². The minimum Gasteiger partial charge on any atom is -0.382 e. The van der Waals surface area contributed by atoms with E-state index in [-0.39, 0.29) is 17.0 Å². The second kappa shape index (κ2) is 4.44. The lowest BCUT2D eigenvalue weighted by Crippen LogP contribution is -2.27. The van der Waals surface area contributed by atoms with Crippen LogP contribution in [0.15, 0.2) is 35.1 Å². The first-order valence-electron chi connectivity index (χ1n) is 5.52. The normalized spacial score (nSPS) is 10.3. The van der Waals surface area contributed by atoms with E-state index in [1.807, 2.05) is 31.2 Å². The molecule has 0 radical (unpaired) electrons. The van der Waals surface area contributed by atoms with Gasteiger partial charge in [-0.25, -0.2) is 4.68 Å². The summed E-state index contributed by atoms with van der Waals surface area (Å²) in [5.41, 5.74) is 7.62. The predicted molar refractivity (Wildman–Crippen MR) is 70.3 cm³/mol. The molecule has 1 aromatic carbocycles. The van der Waals surface area contributed by atoms with E-state index in [1.165, 1.54) is 6.07 Å². The number of nitrogen functional groups attached to an aromatic ring is 1. The molecule has 1 aromatic heterocycles. The minimum absolute atomic E-state index is 0.0242. The van der Waals surface area contributed by atoms with Crippen LogP contribution in [-0.4, -0.2) is 15.6 Å². The summed E-state index contributed by atoms with van der Waals surface area (Å²) in [5, 5.41) is 11.5. The number of aromatic nitrogens is 2. The average Bonchev–Trinajstić information content (AvgIpc) is 2.30. The predicted octanol–water partition coefficient (Wildman–Crippen LogP) is 1.13. The highest BCUT2D eigenvalue weighted by Crippen LogP contribution is 2.13. The van der Waals surface area contributed by atoms with Gasteiger partial charge in [0, 0.05) is 11.8 Å². The molecule has 0 unspecified atom stereocenters. The first kappa shape index (κ1) is 12.0. The number of nitrogens with zero attached hydrogens (tertiary/aromatic N) is 2. The SMILES string of the molecule is Cc1ccccc1-n1nc(C(=N)N)c(=O)cc1C. The molecule has 0 atom stereocenters. The lowest BCUT2D eigenvalue weighted by Gasteiger charge is -2.12. The number of benzene rings is 1. The van der Waals surface area contributed by atoms with Gasteiger partial charge in [0.2, 0.25) is 5.43 Å². The Labute approximate surface area is 104 Å². The molecule has 0 amide bonds. The van der Waals surface area contributed by atoms with Crippen LogP contribution < -0.4 is 11.2 Å². The van der Waals surface area contributed by atoms with E-state index in [9.17, 15) is 4.79 Å². The van der Waals surface area contributed by atoms with Crippen LogP contribution in [0.5, 0.6) is 0 Å². The lowest BCUT2D eigenvalue weighted by atomic mass is 10.2. The van der Waals surface area contributed by atoms with Gasteiger partial charge in [-0.15, -0.1) is 0 Å². The third kappa shape index (κ3) is 2.02. The Bertz CT molecular complexity index is 673. The van der Waals surface area contributed by atoms with E-state index >= 15 is 0 Å². The zero-order valence-electron chi connectivity index (χ0n) is 10.3. The molecule has 0 saturated carbocycles. The molecule has 0 saturated heterocycles. The summed E-state index contributed by atoms with van der Waals surface area (Å²) in [6.07, 6.45) is 0. The van der Waals surface area contributed by atoms with Gasteiger partial charge < -0.3 is 5.73 Å². The molecule has 3 N–H and O–H groups in total. The number of amidine groups is 1. The molecular formula is C13H14N4O. The van der Waals surface area contributed by atoms with E-state index in [4.69, 9.17) is 11.1 Å². The smallest absolute Gasteiger partial charge is 0.211 e. The molecule has 1 heterocycles. The highest BCUT2D eigenvalue weighted by Gasteiger charge is 2.10. The summed E-state index contributed by atoms with van der Waals surface area (Å²) in [6, 6.07) is 9.14. The number of para-hydroxylation sites is 1. The number of rotatable bonds is 2. The maximum absolute atomic E-state index is 11.7. The summed E-state index contributed by atoms with van der Waals surface area (Å²) in [4.78, 5) is 11.7. The zero-order valence-corrected chi connectivity index (χ0v) is 10.3. The molecule has 5 nitrogen and oxygen atoms in total. The van der Waals surface area contributed by atoms with Crippen molar-refractivity contribution >= 4 is 5.84 Å². The highest BCUT2D eigenvalue weighted by atomic mass is 16.1. The van der Waals surface area contributed by atoms with E-state index in [0.717, 1.165) is 11.3 Å². The summed E-state index contributed by atoms with van der Waals surface area (Å²) in [5.74, 6) is -0.317. The van der Waals surface area contributed by atoms with E-state index in [2.05, 4.69) is 5.10 Å². The molecule has 18 heavy (non-hydrogen) atoms. The van der Waals surface area contributed by atoms with E-state index in [0.29, 0.717) is 5.69 Å². The van der Waals surface area contributed by atoms with Gasteiger partial charge in [-0.2, -0.15) is 5.10 Å². The highest BCUT2D eigenvalue weighted by molar-refractivity contribution is 5.92. The fourth-order valence-electron chi connectivity index (χ4n) is 1.78. The summed E-state index contributed by atoms with van der Waals surface area (Å²) < 4.78 is 1.63. The fraction of sp³-hybridized carbons (Fsp3) is 0.154. The molecule has 92 valence electrons. The van der Waals surface area contributed by atoms with Crippen LogP contribution in [0.4, 0.5) is 0 Å². The Morgan fingerprint density at radius 1 is 1.33 bits per heavy atom. The van der Waals surface area contributed by atoms with E-state index in [1.54, 1.807) is 11.6 Å². The minimum atomic E-state index is -0.329. The number of aryl methyl sites for hydroxylation is 2. The Hall–Kier alpha value is -2.43. The maximum atomic E-state index is 11.7. The summed E-state index contributed by atoms with van der Waals surface area (Å²) in [7, 11) is 0. The topological polar surface area (TPSA) is 84.8 Å². The second-order valence-corrected chi connectivity index (χ2v) is 4.11. The number of hydrogen-bond donors (Lipinski definition) is 2. The van der Waals surface area contributed by atoms with Crippen molar-refractivity contribution < 1.29 is 0 Å². The maximum Gasteiger partial charge on any atom is 0.211 e. The molecule has 0 aliphatic heterocycles. The van der Waals surface area contributed by atoms with Crippen molar-refractivity contribution in [2.45, 2.75) is 13.8 Å². The molecule has 5 heteroatoms. The standard InChI is InChI=1S/C13H14N4O/c1-8-5-3-4-6-10(8)17-9(2)7-11(18)12(16-17)13(14)15/h3-7H,1-2H3,(H3,14,15). The zero-order chi connectivity index (χ0) is 13.3. The second-order valence-electron chi connectivity index (χ2n) is 4.11. The van der Waals surface area contributed by atoms with Crippen molar-refractivity contribution in [1.82, 2.24) is 9.78 Å². The monoisotopic (exact) mass is 242 g/mol. The molecule has 0 aliphatic carbocycles. The van der Waals surface area contributed by atoms with Crippen LogP contribution in [-0.2, 0) is 0 Å². The van der Waals surface area contributed by atoms with Gasteiger partial charge >= 0.3 is 0 Å². The summed E-state index contributed by atoms with van der Waals surface area (Å²) in [6.45, 7) is 3.76. The van der Waals surface area contributed by atoms with Crippen LogP contribution in [0.25, 0.3) is 5.69 Å². The van der Waals surface area contributed by atoms with Crippen LogP contribution in [0.1, 0.15) is 17.0 Å². The van der Waals surface area contributed by atoms with Crippen LogP contribution in [0.3, 0.4) is 0 Å². The van der Waals surface area contributed by atoms with E-state index < -0.39 is 0 Å². The average molecular weight is 242 g/mol. The number of hydrogen-bond acceptors (Lipinski definition) is 3. The van der Waals surface area contributed by atoms with Crippen molar-refractivity contribution in [3.63, 3.8) is 0 Å². The van der Waals surface area contributed by atoms with Crippen LogP contribution in [0, 0.1) is 19.3 Å². The molecule has 0 aliphatic rings. The third-order valence-electron chi connectivity index (χ3n) is 2.71. The third-order valence-corrected chi connectivity index (χ3v) is 2.71. The van der Waals surface area contributed by atoms with Gasteiger partial charge in [0.15, 0.2) is 5.69 Å². The Morgan fingerprint density at radius 2 is 2.00 bits per heavy atom. The first-order chi connectivity index (χ1) is 8.50. The summed E-state index contributed by atoms with van der Waals surface area (Å²) >= 11 is 0. The van der Waals surface area contributed by atoms with Gasteiger partial charge in [0.1, 0.15) is 5.84 Å². The molecule has 0 bridgehead atoms.